The largest absolute Gasteiger partial charge is 0.378 e. The van der Waals surface area contributed by atoms with Crippen molar-refractivity contribution < 1.29 is 9.53 Å². The van der Waals surface area contributed by atoms with Crippen LogP contribution in [0, 0.1) is 11.3 Å². The summed E-state index contributed by atoms with van der Waals surface area (Å²) in [5.74, 6) is -0.245. The fourth-order valence-electron chi connectivity index (χ4n) is 1.63. The summed E-state index contributed by atoms with van der Waals surface area (Å²) in [6.45, 7) is 2.11. The van der Waals surface area contributed by atoms with Gasteiger partial charge in [0.2, 0.25) is 0 Å². The average molecular weight is 283 g/mol. The summed E-state index contributed by atoms with van der Waals surface area (Å²) in [6.07, 6.45) is 1.58. The Kier molecular flexibility index (Phi) is 4.37. The first-order valence-corrected chi connectivity index (χ1v) is 6.64. The van der Waals surface area contributed by atoms with Crippen molar-refractivity contribution in [3.8, 4) is 6.07 Å². The fraction of sp³-hybridized carbons (Fsp3) is 0.333. The van der Waals surface area contributed by atoms with E-state index in [1.807, 2.05) is 6.07 Å². The lowest BCUT2D eigenvalue weighted by atomic mass is 10.2. The Balaban J connectivity index is 2.15. The smallest absolute Gasteiger partial charge is 0.264 e. The van der Waals surface area contributed by atoms with Gasteiger partial charge in [-0.05, 0) is 18.2 Å². The number of hydrogen-bond donors (Lipinski definition) is 0. The topological polar surface area (TPSA) is 53.3 Å². The lowest BCUT2D eigenvalue weighted by Gasteiger charge is -2.26. The molecule has 0 unspecified atom stereocenters. The zero-order chi connectivity index (χ0) is 13.0. The van der Waals surface area contributed by atoms with E-state index in [1.54, 1.807) is 23.1 Å². The number of hydrogen-bond acceptors (Lipinski definition) is 4. The molecule has 4 nitrogen and oxygen atoms in total. The van der Waals surface area contributed by atoms with E-state index in [1.165, 1.54) is 11.3 Å². The summed E-state index contributed by atoms with van der Waals surface area (Å²) >= 11 is 7.15. The van der Waals surface area contributed by atoms with Gasteiger partial charge in [0, 0.05) is 18.0 Å². The molecule has 94 valence electrons. The standard InChI is InChI=1S/C12H11ClN2O2S/c13-11-2-1-10(18-11)7-9(8-14)12(16)15-3-5-17-6-4-15/h1-2,7H,3-6H2/b9-7-. The molecule has 2 rings (SSSR count). The molecular formula is C12H11ClN2O2S. The molecule has 1 aromatic heterocycles. The summed E-state index contributed by atoms with van der Waals surface area (Å²) in [6, 6.07) is 5.48. The van der Waals surface area contributed by atoms with Crippen molar-refractivity contribution in [2.45, 2.75) is 0 Å². The number of thiophene rings is 1. The maximum absolute atomic E-state index is 12.1. The van der Waals surface area contributed by atoms with Crippen molar-refractivity contribution in [1.29, 1.82) is 5.26 Å². The lowest BCUT2D eigenvalue weighted by Crippen LogP contribution is -2.41. The van der Waals surface area contributed by atoms with Crippen LogP contribution in [0.3, 0.4) is 0 Å². The van der Waals surface area contributed by atoms with Gasteiger partial charge in [-0.15, -0.1) is 11.3 Å². The first kappa shape index (κ1) is 13.1. The summed E-state index contributed by atoms with van der Waals surface area (Å²) in [5.41, 5.74) is 0.135. The Bertz CT molecular complexity index is 512. The summed E-state index contributed by atoms with van der Waals surface area (Å²) < 4.78 is 5.81. The number of ether oxygens (including phenoxy) is 1. The van der Waals surface area contributed by atoms with Crippen LogP contribution in [0.15, 0.2) is 17.7 Å². The van der Waals surface area contributed by atoms with E-state index in [0.717, 1.165) is 4.88 Å². The number of carbonyl (C=O) groups is 1. The van der Waals surface area contributed by atoms with Gasteiger partial charge in [-0.25, -0.2) is 0 Å². The normalized spacial score (nSPS) is 16.4. The molecule has 18 heavy (non-hydrogen) atoms. The molecule has 1 aliphatic heterocycles. The molecule has 0 aliphatic carbocycles. The highest BCUT2D eigenvalue weighted by molar-refractivity contribution is 7.17. The lowest BCUT2D eigenvalue weighted by molar-refractivity contribution is -0.130. The van der Waals surface area contributed by atoms with Gasteiger partial charge < -0.3 is 9.64 Å². The molecule has 0 spiro atoms. The van der Waals surface area contributed by atoms with Gasteiger partial charge in [-0.3, -0.25) is 4.79 Å². The fourth-order valence-corrected chi connectivity index (χ4v) is 2.63. The maximum atomic E-state index is 12.1. The average Bonchev–Trinajstić information content (AvgIpc) is 2.82. The van der Waals surface area contributed by atoms with Crippen molar-refractivity contribution in [3.05, 3.63) is 26.9 Å². The molecule has 0 radical (unpaired) electrons. The molecule has 1 fully saturated rings. The monoisotopic (exact) mass is 282 g/mol. The van der Waals surface area contributed by atoms with E-state index in [2.05, 4.69) is 0 Å². The molecule has 1 aromatic rings. The molecule has 1 aliphatic rings. The highest BCUT2D eigenvalue weighted by atomic mass is 35.5. The van der Waals surface area contributed by atoms with Gasteiger partial charge in [-0.1, -0.05) is 11.6 Å². The van der Waals surface area contributed by atoms with Gasteiger partial charge >= 0.3 is 0 Å². The highest BCUT2D eigenvalue weighted by Gasteiger charge is 2.20. The zero-order valence-electron chi connectivity index (χ0n) is 9.56. The number of nitriles is 1. The van der Waals surface area contributed by atoms with E-state index in [-0.39, 0.29) is 11.5 Å². The molecule has 0 saturated carbocycles. The van der Waals surface area contributed by atoms with Gasteiger partial charge in [0.25, 0.3) is 5.91 Å². The number of nitrogens with zero attached hydrogens (tertiary/aromatic N) is 2. The Labute approximate surface area is 114 Å². The summed E-state index contributed by atoms with van der Waals surface area (Å²) in [7, 11) is 0. The Hall–Kier alpha value is -1.35. The molecule has 0 bridgehead atoms. The maximum Gasteiger partial charge on any atom is 0.264 e. The van der Waals surface area contributed by atoms with Gasteiger partial charge in [0.15, 0.2) is 0 Å². The molecule has 6 heteroatoms. The van der Waals surface area contributed by atoms with Crippen LogP contribution in [0.4, 0.5) is 0 Å². The van der Waals surface area contributed by atoms with E-state index in [4.69, 9.17) is 21.6 Å². The number of rotatable bonds is 2. The van der Waals surface area contributed by atoms with E-state index in [9.17, 15) is 4.79 Å². The molecule has 1 amide bonds. The van der Waals surface area contributed by atoms with E-state index >= 15 is 0 Å². The Morgan fingerprint density at radius 2 is 2.22 bits per heavy atom. The minimum atomic E-state index is -0.245. The second kappa shape index (κ2) is 6.01. The summed E-state index contributed by atoms with van der Waals surface area (Å²) in [5, 5.41) is 9.07. The predicted molar refractivity (Wildman–Crippen MR) is 70.3 cm³/mol. The quantitative estimate of drug-likeness (QED) is 0.617. The van der Waals surface area contributed by atoms with Crippen molar-refractivity contribution >= 4 is 34.9 Å². The third-order valence-electron chi connectivity index (χ3n) is 2.53. The van der Waals surface area contributed by atoms with Crippen LogP contribution >= 0.6 is 22.9 Å². The zero-order valence-corrected chi connectivity index (χ0v) is 11.1. The van der Waals surface area contributed by atoms with Crippen LogP contribution in [0.2, 0.25) is 4.34 Å². The highest BCUT2D eigenvalue weighted by Crippen LogP contribution is 2.23. The first-order chi connectivity index (χ1) is 8.70. The minimum absolute atomic E-state index is 0.135. The number of morpholine rings is 1. The molecule has 0 N–H and O–H groups in total. The Morgan fingerprint density at radius 3 is 2.78 bits per heavy atom. The first-order valence-electron chi connectivity index (χ1n) is 5.45. The second-order valence-corrected chi connectivity index (χ2v) is 5.46. The van der Waals surface area contributed by atoms with Crippen LogP contribution in [0.25, 0.3) is 6.08 Å². The molecule has 1 saturated heterocycles. The number of halogens is 1. The van der Waals surface area contributed by atoms with Crippen molar-refractivity contribution in [2.24, 2.45) is 0 Å². The summed E-state index contributed by atoms with van der Waals surface area (Å²) in [4.78, 5) is 14.5. The minimum Gasteiger partial charge on any atom is -0.378 e. The van der Waals surface area contributed by atoms with Crippen molar-refractivity contribution in [1.82, 2.24) is 4.90 Å². The van der Waals surface area contributed by atoms with Gasteiger partial charge in [0.1, 0.15) is 11.6 Å². The van der Waals surface area contributed by atoms with Crippen LogP contribution in [0.1, 0.15) is 4.88 Å². The van der Waals surface area contributed by atoms with Gasteiger partial charge in [-0.2, -0.15) is 5.26 Å². The second-order valence-electron chi connectivity index (χ2n) is 3.72. The number of amides is 1. The van der Waals surface area contributed by atoms with Crippen LogP contribution in [-0.4, -0.2) is 37.1 Å². The van der Waals surface area contributed by atoms with Crippen LogP contribution in [-0.2, 0) is 9.53 Å². The molecular weight excluding hydrogens is 272 g/mol. The third kappa shape index (κ3) is 3.10. The molecule has 0 aromatic carbocycles. The van der Waals surface area contributed by atoms with Gasteiger partial charge in [0.05, 0.1) is 17.6 Å². The molecule has 2 heterocycles. The predicted octanol–water partition coefficient (Wildman–Crippen LogP) is 2.17. The SMILES string of the molecule is N#C/C(=C/c1ccc(Cl)s1)C(=O)N1CCOCC1. The third-order valence-corrected chi connectivity index (χ3v) is 3.71. The number of carbonyl (C=O) groups excluding carboxylic acids is 1. The Morgan fingerprint density at radius 1 is 1.50 bits per heavy atom. The van der Waals surface area contributed by atoms with Crippen molar-refractivity contribution in [3.63, 3.8) is 0 Å². The molecule has 0 atom stereocenters. The van der Waals surface area contributed by atoms with E-state index < -0.39 is 0 Å². The van der Waals surface area contributed by atoms with Crippen LogP contribution < -0.4 is 0 Å². The van der Waals surface area contributed by atoms with Crippen LogP contribution in [0.5, 0.6) is 0 Å². The van der Waals surface area contributed by atoms with E-state index in [0.29, 0.717) is 30.6 Å². The van der Waals surface area contributed by atoms with Crippen molar-refractivity contribution in [2.75, 3.05) is 26.3 Å².